The summed E-state index contributed by atoms with van der Waals surface area (Å²) in [5.74, 6) is -0.130. The molecule has 2 rings (SSSR count). The van der Waals surface area contributed by atoms with E-state index in [9.17, 15) is 9.59 Å². The first-order valence-electron chi connectivity index (χ1n) is 7.24. The highest BCUT2D eigenvalue weighted by molar-refractivity contribution is 5.99. The highest BCUT2D eigenvalue weighted by atomic mass is 16.2. The van der Waals surface area contributed by atoms with Crippen LogP contribution in [0.2, 0.25) is 0 Å². The minimum atomic E-state index is -0.841. The quantitative estimate of drug-likeness (QED) is 0.860. The van der Waals surface area contributed by atoms with E-state index in [2.05, 4.69) is 5.32 Å². The van der Waals surface area contributed by atoms with Crippen LogP contribution in [0.15, 0.2) is 42.5 Å². The lowest BCUT2D eigenvalue weighted by Gasteiger charge is -2.42. The van der Waals surface area contributed by atoms with Crippen LogP contribution in [0.5, 0.6) is 0 Å². The number of nitrogens with zero attached hydrogens (tertiary/aromatic N) is 1. The maximum absolute atomic E-state index is 12.6. The van der Waals surface area contributed by atoms with Gasteiger partial charge in [-0.2, -0.15) is 0 Å². The van der Waals surface area contributed by atoms with Gasteiger partial charge in [0.15, 0.2) is 0 Å². The van der Waals surface area contributed by atoms with Gasteiger partial charge in [-0.3, -0.25) is 9.59 Å². The molecule has 1 unspecified atom stereocenters. The van der Waals surface area contributed by atoms with Crippen molar-refractivity contribution in [3.8, 4) is 0 Å². The van der Waals surface area contributed by atoms with Crippen molar-refractivity contribution in [1.29, 1.82) is 0 Å². The van der Waals surface area contributed by atoms with Crippen LogP contribution in [-0.4, -0.2) is 34.8 Å². The summed E-state index contributed by atoms with van der Waals surface area (Å²) in [6, 6.07) is 9.33. The molecule has 1 aliphatic heterocycles. The van der Waals surface area contributed by atoms with E-state index in [0.717, 1.165) is 5.56 Å². The lowest BCUT2D eigenvalue weighted by atomic mass is 9.93. The molecule has 4 heteroatoms. The Kier molecular flexibility index (Phi) is 4.46. The summed E-state index contributed by atoms with van der Waals surface area (Å²) in [7, 11) is 0. The van der Waals surface area contributed by atoms with E-state index in [-0.39, 0.29) is 11.8 Å². The third-order valence-corrected chi connectivity index (χ3v) is 3.72. The third-order valence-electron chi connectivity index (χ3n) is 3.72. The number of benzene rings is 1. The van der Waals surface area contributed by atoms with Crippen molar-refractivity contribution >= 4 is 11.8 Å². The molecule has 0 aliphatic carbocycles. The summed E-state index contributed by atoms with van der Waals surface area (Å²) >= 11 is 0. The van der Waals surface area contributed by atoms with Crippen molar-refractivity contribution in [2.45, 2.75) is 38.8 Å². The summed E-state index contributed by atoms with van der Waals surface area (Å²) in [6.07, 6.45) is 4.34. The summed E-state index contributed by atoms with van der Waals surface area (Å²) in [4.78, 5) is 26.7. The molecule has 0 radical (unpaired) electrons. The van der Waals surface area contributed by atoms with Crippen LogP contribution in [0.4, 0.5) is 0 Å². The number of allylic oxidation sites excluding steroid dienone is 1. The van der Waals surface area contributed by atoms with Crippen molar-refractivity contribution in [2.75, 3.05) is 6.54 Å². The Hall–Kier alpha value is -2.10. The van der Waals surface area contributed by atoms with Crippen molar-refractivity contribution in [3.63, 3.8) is 0 Å². The van der Waals surface area contributed by atoms with Crippen LogP contribution in [0, 0.1) is 0 Å². The zero-order valence-electron chi connectivity index (χ0n) is 12.8. The Morgan fingerprint density at radius 3 is 2.52 bits per heavy atom. The van der Waals surface area contributed by atoms with Crippen molar-refractivity contribution in [3.05, 3.63) is 48.0 Å². The molecule has 1 fully saturated rings. The monoisotopic (exact) mass is 286 g/mol. The average Bonchev–Trinajstić information content (AvgIpc) is 2.45. The average molecular weight is 286 g/mol. The maximum atomic E-state index is 12.6. The summed E-state index contributed by atoms with van der Waals surface area (Å²) in [5.41, 5.74) is 0.210. The molecule has 1 aromatic carbocycles. The first-order valence-corrected chi connectivity index (χ1v) is 7.24. The van der Waals surface area contributed by atoms with Gasteiger partial charge in [-0.15, -0.1) is 0 Å². The molecule has 1 saturated heterocycles. The highest BCUT2D eigenvalue weighted by Gasteiger charge is 2.44. The number of amides is 2. The standard InChI is InChI=1S/C17H22N2O2/c1-4-5-11-19-14(12-13-9-7-6-8-10-13)15(20)18-17(2,3)16(19)21/h4-10,14H,11-12H2,1-3H3,(H,18,20)/b5-4+. The molecule has 1 aromatic rings. The molecule has 0 bridgehead atoms. The van der Waals surface area contributed by atoms with Crippen LogP contribution in [0.1, 0.15) is 26.3 Å². The fraction of sp³-hybridized carbons (Fsp3) is 0.412. The molecule has 0 aromatic heterocycles. The zero-order chi connectivity index (χ0) is 15.5. The normalized spacial score (nSPS) is 21.7. The van der Waals surface area contributed by atoms with E-state index in [1.807, 2.05) is 49.4 Å². The molecule has 1 aliphatic rings. The Bertz CT molecular complexity index is 549. The minimum Gasteiger partial charge on any atom is -0.340 e. The SMILES string of the molecule is C/C=C/CN1C(=O)C(C)(C)NC(=O)C1Cc1ccccc1. The first-order chi connectivity index (χ1) is 9.95. The van der Waals surface area contributed by atoms with E-state index in [4.69, 9.17) is 0 Å². The van der Waals surface area contributed by atoms with Gasteiger partial charge in [0.25, 0.3) is 0 Å². The largest absolute Gasteiger partial charge is 0.340 e. The number of piperazine rings is 1. The van der Waals surface area contributed by atoms with E-state index < -0.39 is 11.6 Å². The van der Waals surface area contributed by atoms with Gasteiger partial charge in [0, 0.05) is 13.0 Å². The number of hydrogen-bond acceptors (Lipinski definition) is 2. The summed E-state index contributed by atoms with van der Waals surface area (Å²) in [6.45, 7) is 5.86. The predicted octanol–water partition coefficient (Wildman–Crippen LogP) is 1.91. The van der Waals surface area contributed by atoms with Crippen LogP contribution in [0.3, 0.4) is 0 Å². The first kappa shape index (κ1) is 15.3. The fourth-order valence-corrected chi connectivity index (χ4v) is 2.56. The number of carbonyl (C=O) groups is 2. The third kappa shape index (κ3) is 3.32. The number of nitrogens with one attached hydrogen (secondary N) is 1. The van der Waals surface area contributed by atoms with E-state index >= 15 is 0 Å². The summed E-state index contributed by atoms with van der Waals surface area (Å²) in [5, 5.41) is 2.83. The molecule has 1 atom stereocenters. The van der Waals surface area contributed by atoms with Crippen LogP contribution in [-0.2, 0) is 16.0 Å². The highest BCUT2D eigenvalue weighted by Crippen LogP contribution is 2.20. The Balaban J connectivity index is 2.27. The van der Waals surface area contributed by atoms with Gasteiger partial charge in [0.1, 0.15) is 11.6 Å². The molecule has 2 amide bonds. The molecular formula is C17H22N2O2. The number of rotatable bonds is 4. The molecule has 4 nitrogen and oxygen atoms in total. The molecular weight excluding hydrogens is 264 g/mol. The van der Waals surface area contributed by atoms with Gasteiger partial charge < -0.3 is 10.2 Å². The van der Waals surface area contributed by atoms with Crippen molar-refractivity contribution in [2.24, 2.45) is 0 Å². The van der Waals surface area contributed by atoms with Gasteiger partial charge in [0.05, 0.1) is 0 Å². The predicted molar refractivity (Wildman–Crippen MR) is 82.7 cm³/mol. The number of carbonyl (C=O) groups excluding carboxylic acids is 2. The topological polar surface area (TPSA) is 49.4 Å². The number of hydrogen-bond donors (Lipinski definition) is 1. The fourth-order valence-electron chi connectivity index (χ4n) is 2.56. The Morgan fingerprint density at radius 1 is 1.24 bits per heavy atom. The van der Waals surface area contributed by atoms with Crippen LogP contribution < -0.4 is 5.32 Å². The molecule has 1 heterocycles. The molecule has 0 saturated carbocycles. The lowest BCUT2D eigenvalue weighted by molar-refractivity contribution is -0.152. The molecule has 0 spiro atoms. The van der Waals surface area contributed by atoms with Crippen molar-refractivity contribution in [1.82, 2.24) is 10.2 Å². The smallest absolute Gasteiger partial charge is 0.248 e. The van der Waals surface area contributed by atoms with Gasteiger partial charge in [0.2, 0.25) is 11.8 Å². The Labute approximate surface area is 125 Å². The molecule has 1 N–H and O–H groups in total. The van der Waals surface area contributed by atoms with Gasteiger partial charge in [-0.25, -0.2) is 0 Å². The second kappa shape index (κ2) is 6.12. The van der Waals surface area contributed by atoms with E-state index in [0.29, 0.717) is 13.0 Å². The van der Waals surface area contributed by atoms with E-state index in [1.54, 1.807) is 18.7 Å². The molecule has 21 heavy (non-hydrogen) atoms. The zero-order valence-corrected chi connectivity index (χ0v) is 12.8. The second-order valence-corrected chi connectivity index (χ2v) is 5.85. The van der Waals surface area contributed by atoms with Crippen molar-refractivity contribution < 1.29 is 9.59 Å². The maximum Gasteiger partial charge on any atom is 0.248 e. The van der Waals surface area contributed by atoms with Gasteiger partial charge in [-0.1, -0.05) is 42.5 Å². The van der Waals surface area contributed by atoms with E-state index in [1.165, 1.54) is 0 Å². The Morgan fingerprint density at radius 2 is 1.90 bits per heavy atom. The van der Waals surface area contributed by atoms with Crippen LogP contribution >= 0.6 is 0 Å². The van der Waals surface area contributed by atoms with Gasteiger partial charge >= 0.3 is 0 Å². The minimum absolute atomic E-state index is 0.0406. The van der Waals surface area contributed by atoms with Crippen LogP contribution in [0.25, 0.3) is 0 Å². The van der Waals surface area contributed by atoms with Gasteiger partial charge in [-0.05, 0) is 26.3 Å². The second-order valence-electron chi connectivity index (χ2n) is 5.85. The summed E-state index contributed by atoms with van der Waals surface area (Å²) < 4.78 is 0. The molecule has 112 valence electrons. The lowest BCUT2D eigenvalue weighted by Crippen LogP contribution is -2.68.